The average Bonchev–Trinajstić information content (AvgIpc) is 3.30. The first kappa shape index (κ1) is 16.2. The Kier molecular flexibility index (Phi) is 4.31. The van der Waals surface area contributed by atoms with Crippen LogP contribution in [0, 0.1) is 0 Å². The van der Waals surface area contributed by atoms with Crippen molar-refractivity contribution in [3.63, 3.8) is 0 Å². The summed E-state index contributed by atoms with van der Waals surface area (Å²) in [6.07, 6.45) is 7.15. The van der Waals surface area contributed by atoms with Crippen LogP contribution in [-0.2, 0) is 11.3 Å². The van der Waals surface area contributed by atoms with Gasteiger partial charge in [-0.05, 0) is 42.8 Å². The van der Waals surface area contributed by atoms with E-state index in [2.05, 4.69) is 4.98 Å². The Hall–Kier alpha value is -3.28. The van der Waals surface area contributed by atoms with Gasteiger partial charge in [-0.25, -0.2) is 4.98 Å². The molecule has 26 heavy (non-hydrogen) atoms. The first-order chi connectivity index (χ1) is 12.7. The third-order valence-corrected chi connectivity index (χ3v) is 4.35. The minimum absolute atomic E-state index is 0.0453. The van der Waals surface area contributed by atoms with Crippen LogP contribution in [0.3, 0.4) is 0 Å². The lowest BCUT2D eigenvalue weighted by atomic mass is 10.2. The second-order valence-corrected chi connectivity index (χ2v) is 5.98. The molecule has 132 valence electrons. The van der Waals surface area contributed by atoms with Crippen molar-refractivity contribution in [1.29, 1.82) is 0 Å². The lowest BCUT2D eigenvalue weighted by molar-refractivity contribution is -0.126. The number of fused-ring (bicyclic) bond motifs is 2. The van der Waals surface area contributed by atoms with Crippen molar-refractivity contribution < 1.29 is 14.3 Å². The second-order valence-electron chi connectivity index (χ2n) is 5.98. The van der Waals surface area contributed by atoms with E-state index in [9.17, 15) is 4.79 Å². The molecule has 1 aliphatic rings. The summed E-state index contributed by atoms with van der Waals surface area (Å²) >= 11 is 0. The lowest BCUT2D eigenvalue weighted by Gasteiger charge is -2.18. The second kappa shape index (κ2) is 6.92. The van der Waals surface area contributed by atoms with Gasteiger partial charge in [-0.3, -0.25) is 4.79 Å². The molecule has 1 aliphatic heterocycles. The fourth-order valence-electron chi connectivity index (χ4n) is 2.93. The number of ether oxygens (including phenoxy) is 2. The van der Waals surface area contributed by atoms with E-state index in [-0.39, 0.29) is 12.7 Å². The molecule has 0 bridgehead atoms. The monoisotopic (exact) mass is 349 g/mol. The average molecular weight is 349 g/mol. The molecule has 6 nitrogen and oxygen atoms in total. The van der Waals surface area contributed by atoms with E-state index < -0.39 is 0 Å². The van der Waals surface area contributed by atoms with Crippen LogP contribution in [0.5, 0.6) is 11.5 Å². The van der Waals surface area contributed by atoms with Crippen LogP contribution in [0.25, 0.3) is 11.7 Å². The number of amides is 1. The molecular weight excluding hydrogens is 330 g/mol. The molecule has 3 aromatic rings. The van der Waals surface area contributed by atoms with E-state index in [1.54, 1.807) is 17.1 Å². The smallest absolute Gasteiger partial charge is 0.246 e. The third-order valence-electron chi connectivity index (χ3n) is 4.35. The molecule has 0 radical (unpaired) electrons. The van der Waals surface area contributed by atoms with Crippen LogP contribution in [0.2, 0.25) is 0 Å². The van der Waals surface area contributed by atoms with Gasteiger partial charge >= 0.3 is 0 Å². The van der Waals surface area contributed by atoms with E-state index in [0.29, 0.717) is 18.8 Å². The number of likely N-dealkylation sites (N-methyl/N-ethyl adjacent to an activating group) is 1. The molecule has 1 amide bonds. The van der Waals surface area contributed by atoms with Crippen molar-refractivity contribution in [3.8, 4) is 11.5 Å². The zero-order valence-electron chi connectivity index (χ0n) is 14.5. The topological polar surface area (TPSA) is 56.1 Å². The summed E-state index contributed by atoms with van der Waals surface area (Å²) in [6, 6.07) is 11.5. The summed E-state index contributed by atoms with van der Waals surface area (Å²) in [7, 11) is 0. The van der Waals surface area contributed by atoms with Gasteiger partial charge in [-0.1, -0.05) is 12.1 Å². The van der Waals surface area contributed by atoms with Crippen molar-refractivity contribution in [1.82, 2.24) is 14.3 Å². The fraction of sp³-hybridized carbons (Fsp3) is 0.200. The summed E-state index contributed by atoms with van der Waals surface area (Å²) in [4.78, 5) is 18.7. The normalized spacial score (nSPS) is 12.8. The molecule has 0 fully saturated rings. The van der Waals surface area contributed by atoms with Crippen LogP contribution >= 0.6 is 0 Å². The quantitative estimate of drug-likeness (QED) is 0.664. The number of imidazole rings is 1. The molecule has 0 aliphatic carbocycles. The number of carbonyl (C=O) groups is 1. The largest absolute Gasteiger partial charge is 0.454 e. The SMILES string of the molecule is CCN(Cc1cnc2ccccn12)C(=O)C=Cc1ccc2c(c1)OCO2. The molecule has 0 spiro atoms. The van der Waals surface area contributed by atoms with E-state index in [4.69, 9.17) is 9.47 Å². The van der Waals surface area contributed by atoms with Gasteiger partial charge in [0.15, 0.2) is 11.5 Å². The summed E-state index contributed by atoms with van der Waals surface area (Å²) in [5, 5.41) is 0. The minimum atomic E-state index is -0.0453. The molecule has 4 rings (SSSR count). The van der Waals surface area contributed by atoms with Crippen LogP contribution in [-0.4, -0.2) is 33.5 Å². The van der Waals surface area contributed by atoms with Crippen molar-refractivity contribution in [3.05, 3.63) is 66.1 Å². The van der Waals surface area contributed by atoms with Crippen LogP contribution in [0.1, 0.15) is 18.2 Å². The maximum Gasteiger partial charge on any atom is 0.246 e. The molecule has 6 heteroatoms. The van der Waals surface area contributed by atoms with Crippen molar-refractivity contribution in [2.75, 3.05) is 13.3 Å². The highest BCUT2D eigenvalue weighted by Gasteiger charge is 2.14. The fourth-order valence-corrected chi connectivity index (χ4v) is 2.93. The van der Waals surface area contributed by atoms with Crippen molar-refractivity contribution in [2.24, 2.45) is 0 Å². The minimum Gasteiger partial charge on any atom is -0.454 e. The number of hydrogen-bond acceptors (Lipinski definition) is 4. The third kappa shape index (κ3) is 3.13. The summed E-state index contributed by atoms with van der Waals surface area (Å²) < 4.78 is 12.7. The van der Waals surface area contributed by atoms with Gasteiger partial charge in [0.05, 0.1) is 18.4 Å². The number of hydrogen-bond donors (Lipinski definition) is 0. The highest BCUT2D eigenvalue weighted by molar-refractivity contribution is 5.91. The Morgan fingerprint density at radius 2 is 2.15 bits per heavy atom. The van der Waals surface area contributed by atoms with Crippen molar-refractivity contribution in [2.45, 2.75) is 13.5 Å². The van der Waals surface area contributed by atoms with Crippen LogP contribution in [0.4, 0.5) is 0 Å². The Labute approximate surface area is 151 Å². The Morgan fingerprint density at radius 1 is 1.27 bits per heavy atom. The molecule has 3 heterocycles. The molecule has 0 N–H and O–H groups in total. The summed E-state index contributed by atoms with van der Waals surface area (Å²) in [6.45, 7) is 3.33. The number of nitrogens with zero attached hydrogens (tertiary/aromatic N) is 3. The van der Waals surface area contributed by atoms with Gasteiger partial charge in [0.2, 0.25) is 12.7 Å². The van der Waals surface area contributed by atoms with Crippen LogP contribution in [0.15, 0.2) is 54.9 Å². The Bertz CT molecular complexity index is 977. The number of aromatic nitrogens is 2. The van der Waals surface area contributed by atoms with Crippen molar-refractivity contribution >= 4 is 17.6 Å². The zero-order valence-corrected chi connectivity index (χ0v) is 14.5. The standard InChI is InChI=1S/C20H19N3O3/c1-2-22(13-16-12-21-19-5-3-4-10-23(16)19)20(24)9-7-15-6-8-17-18(11-15)26-14-25-17/h3-12H,2,13-14H2,1H3. The zero-order chi connectivity index (χ0) is 17.9. The Balaban J connectivity index is 1.48. The maximum absolute atomic E-state index is 12.6. The molecule has 0 saturated heterocycles. The van der Waals surface area contributed by atoms with Gasteiger partial charge in [-0.2, -0.15) is 0 Å². The number of benzene rings is 1. The predicted octanol–water partition coefficient (Wildman–Crippen LogP) is 3.12. The van der Waals surface area contributed by atoms with Gasteiger partial charge in [0, 0.05) is 18.8 Å². The number of rotatable bonds is 5. The molecule has 0 atom stereocenters. The highest BCUT2D eigenvalue weighted by Crippen LogP contribution is 2.32. The highest BCUT2D eigenvalue weighted by atomic mass is 16.7. The van der Waals surface area contributed by atoms with E-state index in [1.807, 2.05) is 60.1 Å². The van der Waals surface area contributed by atoms with Gasteiger partial charge < -0.3 is 18.8 Å². The van der Waals surface area contributed by atoms with Gasteiger partial charge in [-0.15, -0.1) is 0 Å². The van der Waals surface area contributed by atoms with Gasteiger partial charge in [0.25, 0.3) is 0 Å². The first-order valence-electron chi connectivity index (χ1n) is 8.52. The molecule has 2 aromatic heterocycles. The summed E-state index contributed by atoms with van der Waals surface area (Å²) in [5.74, 6) is 1.39. The van der Waals surface area contributed by atoms with E-state index >= 15 is 0 Å². The van der Waals surface area contributed by atoms with E-state index in [1.165, 1.54) is 0 Å². The first-order valence-corrected chi connectivity index (χ1v) is 8.52. The Morgan fingerprint density at radius 3 is 3.04 bits per heavy atom. The predicted molar refractivity (Wildman–Crippen MR) is 97.9 cm³/mol. The summed E-state index contributed by atoms with van der Waals surface area (Å²) in [5.41, 5.74) is 2.75. The maximum atomic E-state index is 12.6. The molecular formula is C20H19N3O3. The molecule has 0 saturated carbocycles. The number of pyridine rings is 1. The molecule has 0 unspecified atom stereocenters. The molecule has 1 aromatic carbocycles. The lowest BCUT2D eigenvalue weighted by Crippen LogP contribution is -2.29. The van der Waals surface area contributed by atoms with E-state index in [0.717, 1.165) is 22.7 Å². The van der Waals surface area contributed by atoms with Crippen LogP contribution < -0.4 is 9.47 Å². The number of carbonyl (C=O) groups excluding carboxylic acids is 1. The van der Waals surface area contributed by atoms with Gasteiger partial charge in [0.1, 0.15) is 5.65 Å².